The number of ether oxygens (including phenoxy) is 1. The van der Waals surface area contributed by atoms with Gasteiger partial charge in [0.1, 0.15) is 11.5 Å². The fourth-order valence-electron chi connectivity index (χ4n) is 3.22. The Hall–Kier alpha value is -2.69. The number of carboxylic acid groups (broad SMARTS) is 1. The van der Waals surface area contributed by atoms with Crippen molar-refractivity contribution >= 4 is 17.3 Å². The average molecular weight is 340 g/mol. The van der Waals surface area contributed by atoms with Gasteiger partial charge in [-0.3, -0.25) is 4.79 Å². The van der Waals surface area contributed by atoms with Crippen molar-refractivity contribution in [3.8, 4) is 11.5 Å². The fraction of sp³-hybridized carbons (Fsp3) is 0.350. The molecule has 0 aromatic heterocycles. The number of hydrogen-bond acceptors (Lipinski definition) is 4. The summed E-state index contributed by atoms with van der Waals surface area (Å²) in [6, 6.07) is 12.3. The lowest BCUT2D eigenvalue weighted by atomic mass is 9.84. The minimum Gasteiger partial charge on any atom is -0.481 e. The molecule has 1 aliphatic rings. The van der Waals surface area contributed by atoms with Gasteiger partial charge in [0.25, 0.3) is 0 Å². The maximum Gasteiger partial charge on any atom is 0.303 e. The molecule has 3 rings (SSSR count). The third kappa shape index (κ3) is 3.40. The summed E-state index contributed by atoms with van der Waals surface area (Å²) in [5.41, 5.74) is 4.22. The van der Waals surface area contributed by atoms with Gasteiger partial charge in [0.15, 0.2) is 0 Å². The first-order chi connectivity index (χ1) is 11.9. The first kappa shape index (κ1) is 17.1. The van der Waals surface area contributed by atoms with E-state index < -0.39 is 5.97 Å². The largest absolute Gasteiger partial charge is 0.481 e. The molecule has 1 aliphatic heterocycles. The minimum atomic E-state index is -0.774. The molecule has 0 amide bonds. The number of benzene rings is 2. The van der Waals surface area contributed by atoms with Crippen LogP contribution in [0.25, 0.3) is 0 Å². The lowest BCUT2D eigenvalue weighted by Crippen LogP contribution is -2.15. The van der Waals surface area contributed by atoms with E-state index in [1.54, 1.807) is 0 Å². The molecule has 0 saturated heterocycles. The summed E-state index contributed by atoms with van der Waals surface area (Å²) in [7, 11) is 7.96. The Morgan fingerprint density at radius 1 is 0.960 bits per heavy atom. The number of nitrogens with zero attached hydrogens (tertiary/aromatic N) is 2. The molecular weight excluding hydrogens is 316 g/mol. The molecule has 5 nitrogen and oxygen atoms in total. The summed E-state index contributed by atoms with van der Waals surface area (Å²) in [6.45, 7) is 0. The third-order valence-electron chi connectivity index (χ3n) is 4.64. The highest BCUT2D eigenvalue weighted by atomic mass is 16.5. The standard InChI is InChI=1S/C20H24N2O3/c1-21(2)13-5-7-16-15(9-10-20(23)24)17-8-6-14(22(3)4)12-19(17)25-18(16)11-13/h5-8,11-12,15H,9-10H2,1-4H3,(H,23,24). The van der Waals surface area contributed by atoms with Gasteiger partial charge >= 0.3 is 5.97 Å². The monoisotopic (exact) mass is 340 g/mol. The van der Waals surface area contributed by atoms with Gasteiger partial charge in [-0.2, -0.15) is 0 Å². The molecule has 1 N–H and O–H groups in total. The van der Waals surface area contributed by atoms with Crippen molar-refractivity contribution in [1.82, 2.24) is 0 Å². The second-order valence-electron chi connectivity index (χ2n) is 6.82. The van der Waals surface area contributed by atoms with Gasteiger partial charge in [-0.1, -0.05) is 12.1 Å². The van der Waals surface area contributed by atoms with Crippen LogP contribution in [0.15, 0.2) is 36.4 Å². The molecule has 1 heterocycles. The molecular formula is C20H24N2O3. The maximum atomic E-state index is 11.1. The van der Waals surface area contributed by atoms with Gasteiger partial charge in [-0.25, -0.2) is 0 Å². The summed E-state index contributed by atoms with van der Waals surface area (Å²) in [6.07, 6.45) is 0.690. The third-order valence-corrected chi connectivity index (χ3v) is 4.64. The van der Waals surface area contributed by atoms with Crippen LogP contribution in [-0.2, 0) is 4.79 Å². The van der Waals surface area contributed by atoms with Crippen molar-refractivity contribution in [3.05, 3.63) is 47.5 Å². The number of rotatable bonds is 5. The number of anilines is 2. The van der Waals surface area contributed by atoms with Crippen molar-refractivity contribution in [1.29, 1.82) is 0 Å². The highest BCUT2D eigenvalue weighted by molar-refractivity contribution is 5.68. The molecule has 5 heteroatoms. The fourth-order valence-corrected chi connectivity index (χ4v) is 3.22. The Kier molecular flexibility index (Phi) is 4.57. The molecule has 0 atom stereocenters. The highest BCUT2D eigenvalue weighted by Crippen LogP contribution is 2.48. The molecule has 0 spiro atoms. The van der Waals surface area contributed by atoms with E-state index in [-0.39, 0.29) is 12.3 Å². The predicted molar refractivity (Wildman–Crippen MR) is 100 cm³/mol. The lowest BCUT2D eigenvalue weighted by molar-refractivity contribution is -0.137. The summed E-state index contributed by atoms with van der Waals surface area (Å²) in [5.74, 6) is 0.877. The van der Waals surface area contributed by atoms with Gasteiger partial charge in [-0.15, -0.1) is 0 Å². The Morgan fingerprint density at radius 3 is 1.84 bits per heavy atom. The molecule has 132 valence electrons. The van der Waals surface area contributed by atoms with Crippen LogP contribution in [0.2, 0.25) is 0 Å². The predicted octanol–water partition coefficient (Wildman–Crippen LogP) is 3.92. The first-order valence-corrected chi connectivity index (χ1v) is 8.39. The van der Waals surface area contributed by atoms with Crippen molar-refractivity contribution in [2.45, 2.75) is 18.8 Å². The smallest absolute Gasteiger partial charge is 0.303 e. The van der Waals surface area contributed by atoms with E-state index in [1.165, 1.54) is 0 Å². The van der Waals surface area contributed by atoms with Crippen molar-refractivity contribution < 1.29 is 14.6 Å². The number of aliphatic carboxylic acids is 1. The SMILES string of the molecule is CN(C)c1ccc2c(c1)Oc1cc(N(C)C)ccc1C2CCC(=O)O. The Morgan fingerprint density at radius 2 is 1.44 bits per heavy atom. The van der Waals surface area contributed by atoms with Crippen molar-refractivity contribution in [2.24, 2.45) is 0 Å². The normalized spacial score (nSPS) is 12.8. The van der Waals surface area contributed by atoms with Crippen LogP contribution in [0.1, 0.15) is 29.9 Å². The molecule has 0 saturated carbocycles. The van der Waals surface area contributed by atoms with Crippen LogP contribution in [0.5, 0.6) is 11.5 Å². The van der Waals surface area contributed by atoms with E-state index in [0.717, 1.165) is 34.0 Å². The van der Waals surface area contributed by atoms with Crippen LogP contribution < -0.4 is 14.5 Å². The second-order valence-corrected chi connectivity index (χ2v) is 6.82. The van der Waals surface area contributed by atoms with Crippen molar-refractivity contribution in [3.63, 3.8) is 0 Å². The first-order valence-electron chi connectivity index (χ1n) is 8.39. The number of carboxylic acids is 1. The van der Waals surface area contributed by atoms with Crippen LogP contribution in [0, 0.1) is 0 Å². The zero-order valence-electron chi connectivity index (χ0n) is 15.1. The Balaban J connectivity index is 2.07. The Bertz CT molecular complexity index is 742. The minimum absolute atomic E-state index is 0.0299. The van der Waals surface area contributed by atoms with E-state index in [4.69, 9.17) is 9.84 Å². The molecule has 0 fully saturated rings. The molecule has 2 aromatic carbocycles. The van der Waals surface area contributed by atoms with E-state index in [0.29, 0.717) is 6.42 Å². The quantitative estimate of drug-likeness (QED) is 0.894. The van der Waals surface area contributed by atoms with Gasteiger partial charge in [0.2, 0.25) is 0 Å². The summed E-state index contributed by atoms with van der Waals surface area (Å²) >= 11 is 0. The van der Waals surface area contributed by atoms with E-state index >= 15 is 0 Å². The lowest BCUT2D eigenvalue weighted by Gasteiger charge is -2.30. The number of hydrogen-bond donors (Lipinski definition) is 1. The number of carbonyl (C=O) groups is 1. The molecule has 0 aliphatic carbocycles. The molecule has 0 radical (unpaired) electrons. The molecule has 2 aromatic rings. The van der Waals surface area contributed by atoms with Crippen LogP contribution >= 0.6 is 0 Å². The Labute approximate surface area is 148 Å². The average Bonchev–Trinajstić information content (AvgIpc) is 2.57. The maximum absolute atomic E-state index is 11.1. The van der Waals surface area contributed by atoms with Crippen LogP contribution in [0.4, 0.5) is 11.4 Å². The van der Waals surface area contributed by atoms with Gasteiger partial charge < -0.3 is 19.6 Å². The highest BCUT2D eigenvalue weighted by Gasteiger charge is 2.28. The summed E-state index contributed by atoms with van der Waals surface area (Å²) in [4.78, 5) is 15.2. The van der Waals surface area contributed by atoms with Gasteiger partial charge in [0.05, 0.1) is 0 Å². The van der Waals surface area contributed by atoms with Crippen molar-refractivity contribution in [2.75, 3.05) is 38.0 Å². The topological polar surface area (TPSA) is 53.0 Å². The van der Waals surface area contributed by atoms with Gasteiger partial charge in [-0.05, 0) is 18.6 Å². The molecule has 0 unspecified atom stereocenters. The summed E-state index contributed by atoms with van der Waals surface area (Å²) in [5, 5.41) is 9.13. The van der Waals surface area contributed by atoms with E-state index in [9.17, 15) is 4.79 Å². The summed E-state index contributed by atoms with van der Waals surface area (Å²) < 4.78 is 6.20. The zero-order valence-corrected chi connectivity index (χ0v) is 15.1. The number of fused-ring (bicyclic) bond motifs is 2. The molecule has 0 bridgehead atoms. The zero-order chi connectivity index (χ0) is 18.1. The van der Waals surface area contributed by atoms with Gasteiger partial charge in [0, 0.05) is 75.2 Å². The second kappa shape index (κ2) is 6.67. The van der Waals surface area contributed by atoms with E-state index in [1.807, 2.05) is 50.1 Å². The molecule has 25 heavy (non-hydrogen) atoms. The van der Waals surface area contributed by atoms with Crippen LogP contribution in [-0.4, -0.2) is 39.3 Å². The van der Waals surface area contributed by atoms with E-state index in [2.05, 4.69) is 24.3 Å². The van der Waals surface area contributed by atoms with Crippen LogP contribution in [0.3, 0.4) is 0 Å².